The second kappa shape index (κ2) is 5.91. The molecule has 25 heavy (non-hydrogen) atoms. The largest absolute Gasteiger partial charge is 0.417 e. The zero-order valence-electron chi connectivity index (χ0n) is 11.9. The molecule has 0 aliphatic carbocycles. The first-order valence-corrected chi connectivity index (χ1v) is 7.49. The fourth-order valence-corrected chi connectivity index (χ4v) is 3.28. The van der Waals surface area contributed by atoms with Crippen LogP contribution in [-0.4, -0.2) is 33.4 Å². The quantitative estimate of drug-likeness (QED) is 0.388. The van der Waals surface area contributed by atoms with Crippen LogP contribution in [0.4, 0.5) is 26.3 Å². The first-order valence-electron chi connectivity index (χ1n) is 6.68. The number of aliphatic imine (C=N–C) groups is 1. The predicted octanol–water partition coefficient (Wildman–Crippen LogP) is 4.68. The summed E-state index contributed by atoms with van der Waals surface area (Å²) in [7, 11) is 0. The molecule has 1 aromatic rings. The Bertz CT molecular complexity index is 796. The van der Waals surface area contributed by atoms with Gasteiger partial charge in [-0.15, -0.1) is 0 Å². The van der Waals surface area contributed by atoms with Gasteiger partial charge >= 0.3 is 12.4 Å². The van der Waals surface area contributed by atoms with Gasteiger partial charge in [0.25, 0.3) is 0 Å². The van der Waals surface area contributed by atoms with Crippen molar-refractivity contribution in [3.05, 3.63) is 52.5 Å². The van der Waals surface area contributed by atoms with Crippen molar-refractivity contribution < 1.29 is 26.3 Å². The average molecular weight is 402 g/mol. The zero-order chi connectivity index (χ0) is 18.6. The van der Waals surface area contributed by atoms with Crippen molar-refractivity contribution in [2.24, 2.45) is 4.99 Å². The predicted molar refractivity (Wildman–Crippen MR) is 79.1 cm³/mol. The van der Waals surface area contributed by atoms with Crippen LogP contribution >= 0.6 is 23.2 Å². The number of pyridine rings is 1. The van der Waals surface area contributed by atoms with Gasteiger partial charge in [-0.25, -0.2) is 4.99 Å². The van der Waals surface area contributed by atoms with E-state index in [1.807, 2.05) is 0 Å². The van der Waals surface area contributed by atoms with Gasteiger partial charge in [0, 0.05) is 29.2 Å². The van der Waals surface area contributed by atoms with Crippen LogP contribution < -0.4 is 0 Å². The minimum absolute atomic E-state index is 0.272. The fourth-order valence-electron chi connectivity index (χ4n) is 2.53. The van der Waals surface area contributed by atoms with Crippen molar-refractivity contribution in [1.82, 2.24) is 9.88 Å². The van der Waals surface area contributed by atoms with Crippen molar-refractivity contribution in [3.63, 3.8) is 0 Å². The van der Waals surface area contributed by atoms with E-state index in [2.05, 4.69) is 9.98 Å². The lowest BCUT2D eigenvalue weighted by Gasteiger charge is -2.30. The molecule has 2 aliphatic rings. The summed E-state index contributed by atoms with van der Waals surface area (Å²) in [6, 6.07) is -0.310. The minimum atomic E-state index is -4.74. The number of rotatable bonds is 1. The van der Waals surface area contributed by atoms with Crippen LogP contribution in [0.5, 0.6) is 0 Å². The van der Waals surface area contributed by atoms with E-state index in [0.717, 1.165) is 17.3 Å². The van der Waals surface area contributed by atoms with Gasteiger partial charge < -0.3 is 4.90 Å². The van der Waals surface area contributed by atoms with Crippen LogP contribution in [0.1, 0.15) is 11.1 Å². The molecule has 1 aromatic heterocycles. The number of hydrogen-bond acceptors (Lipinski definition) is 3. The smallest absolute Gasteiger partial charge is 0.320 e. The lowest BCUT2D eigenvalue weighted by atomic mass is 10.1. The van der Waals surface area contributed by atoms with Crippen molar-refractivity contribution in [1.29, 1.82) is 0 Å². The number of nitrogens with zero attached hydrogens (tertiary/aromatic N) is 3. The van der Waals surface area contributed by atoms with Crippen LogP contribution in [-0.2, 0) is 6.18 Å². The molecule has 0 aromatic carbocycles. The van der Waals surface area contributed by atoms with E-state index in [4.69, 9.17) is 23.2 Å². The highest BCUT2D eigenvalue weighted by atomic mass is 35.5. The van der Waals surface area contributed by atoms with Gasteiger partial charge in [0.05, 0.1) is 11.1 Å². The molecular weight excluding hydrogens is 395 g/mol. The topological polar surface area (TPSA) is 28.5 Å². The number of alkyl halides is 7. The van der Waals surface area contributed by atoms with E-state index in [1.54, 1.807) is 0 Å². The Morgan fingerprint density at radius 2 is 1.76 bits per heavy atom. The summed E-state index contributed by atoms with van der Waals surface area (Å²) >= 11 is 11.9. The fraction of sp³-hybridized carbons (Fsp3) is 0.286. The van der Waals surface area contributed by atoms with Gasteiger partial charge in [-0.3, -0.25) is 4.98 Å². The molecule has 134 valence electrons. The summed E-state index contributed by atoms with van der Waals surface area (Å²) in [4.78, 5) is 8.38. The van der Waals surface area contributed by atoms with Crippen molar-refractivity contribution in [3.8, 4) is 0 Å². The first-order chi connectivity index (χ1) is 11.5. The van der Waals surface area contributed by atoms with Gasteiger partial charge in [-0.2, -0.15) is 26.3 Å². The molecule has 0 saturated heterocycles. The maximum Gasteiger partial charge on any atom is 0.417 e. The number of hydrogen-bond donors (Lipinski definition) is 0. The molecule has 3 nitrogen and oxygen atoms in total. The molecule has 0 saturated carbocycles. The number of amidine groups is 1. The van der Waals surface area contributed by atoms with Crippen LogP contribution in [0.15, 0.2) is 46.3 Å². The van der Waals surface area contributed by atoms with Crippen LogP contribution in [0.2, 0.25) is 0 Å². The number of fused-ring (bicyclic) bond motifs is 1. The lowest BCUT2D eigenvalue weighted by molar-refractivity contribution is -0.137. The third kappa shape index (κ3) is 3.22. The van der Waals surface area contributed by atoms with E-state index >= 15 is 0 Å². The maximum atomic E-state index is 13.2. The summed E-state index contributed by atoms with van der Waals surface area (Å²) in [6.45, 7) is 0. The highest BCUT2D eigenvalue weighted by Crippen LogP contribution is 2.41. The molecule has 2 atom stereocenters. The molecule has 0 amide bonds. The second-order valence-electron chi connectivity index (χ2n) is 5.21. The molecule has 2 unspecified atom stereocenters. The van der Waals surface area contributed by atoms with Crippen LogP contribution in [0.3, 0.4) is 0 Å². The van der Waals surface area contributed by atoms with E-state index in [1.165, 1.54) is 0 Å². The van der Waals surface area contributed by atoms with E-state index in [9.17, 15) is 26.3 Å². The van der Waals surface area contributed by atoms with Crippen molar-refractivity contribution in [2.75, 3.05) is 0 Å². The Morgan fingerprint density at radius 3 is 2.36 bits per heavy atom. The Morgan fingerprint density at radius 1 is 1.08 bits per heavy atom. The third-order valence-electron chi connectivity index (χ3n) is 3.60. The molecule has 0 spiro atoms. The molecule has 3 heterocycles. The number of aromatic nitrogens is 1. The summed E-state index contributed by atoms with van der Waals surface area (Å²) in [5, 5.41) is -0.272. The summed E-state index contributed by atoms with van der Waals surface area (Å²) in [5.41, 5.74) is -3.83. The zero-order valence-corrected chi connectivity index (χ0v) is 13.4. The van der Waals surface area contributed by atoms with Crippen molar-refractivity contribution >= 4 is 29.0 Å². The Balaban J connectivity index is 2.13. The molecule has 0 bridgehead atoms. The summed E-state index contributed by atoms with van der Waals surface area (Å²) in [5.74, 6) is -0.376. The second-order valence-corrected chi connectivity index (χ2v) is 6.09. The standard InChI is InChI=1S/C14H7Cl2F6N3/c15-9-3-6(13(17,18)19)5-25-10(9)11(16)24-12(25)7-4-23-2-1-8(7)14(20,21)22/h1-5,10-11H. The van der Waals surface area contributed by atoms with Crippen LogP contribution in [0.25, 0.3) is 0 Å². The molecule has 0 fully saturated rings. The highest BCUT2D eigenvalue weighted by Gasteiger charge is 2.45. The Hall–Kier alpha value is -1.74. The molecule has 0 radical (unpaired) electrons. The van der Waals surface area contributed by atoms with Gasteiger partial charge in [0.15, 0.2) is 5.50 Å². The number of halogens is 8. The van der Waals surface area contributed by atoms with Crippen LogP contribution in [0, 0.1) is 0 Å². The monoisotopic (exact) mass is 401 g/mol. The molecule has 0 N–H and O–H groups in total. The molecule has 3 rings (SSSR count). The minimum Gasteiger partial charge on any atom is -0.320 e. The number of allylic oxidation sites excluding steroid dienone is 2. The first kappa shape index (κ1) is 18.1. The van der Waals surface area contributed by atoms with Crippen molar-refractivity contribution in [2.45, 2.75) is 23.9 Å². The van der Waals surface area contributed by atoms with E-state index in [0.29, 0.717) is 18.3 Å². The summed E-state index contributed by atoms with van der Waals surface area (Å²) < 4.78 is 78.6. The normalized spacial score (nSPS) is 23.8. The van der Waals surface area contributed by atoms with Gasteiger partial charge in [0.2, 0.25) is 0 Å². The molecular formula is C14H7Cl2F6N3. The molecule has 11 heteroatoms. The molecule has 2 aliphatic heterocycles. The van der Waals surface area contributed by atoms with E-state index < -0.39 is 40.6 Å². The maximum absolute atomic E-state index is 13.2. The van der Waals surface area contributed by atoms with Gasteiger partial charge in [0.1, 0.15) is 11.9 Å². The highest BCUT2D eigenvalue weighted by molar-refractivity contribution is 6.33. The average Bonchev–Trinajstić information content (AvgIpc) is 2.83. The Kier molecular flexibility index (Phi) is 4.27. The third-order valence-corrected chi connectivity index (χ3v) is 4.27. The van der Waals surface area contributed by atoms with E-state index in [-0.39, 0.29) is 10.9 Å². The lowest BCUT2D eigenvalue weighted by Crippen LogP contribution is -2.39. The van der Waals surface area contributed by atoms with Gasteiger partial charge in [-0.1, -0.05) is 23.2 Å². The summed E-state index contributed by atoms with van der Waals surface area (Å²) in [6.07, 6.45) is -6.34. The SMILES string of the molecule is FC(F)(F)C1=CN2C(c3cnccc3C(F)(F)F)=NC(Cl)C2C(Cl)=C1. The Labute approximate surface area is 147 Å². The van der Waals surface area contributed by atoms with Gasteiger partial charge in [-0.05, 0) is 12.1 Å².